The molecule has 0 heterocycles. The largest absolute Gasteiger partial charge is 0.490 e. The summed E-state index contributed by atoms with van der Waals surface area (Å²) in [5.74, 6) is 0.301. The lowest BCUT2D eigenvalue weighted by atomic mass is 9.82. The van der Waals surface area contributed by atoms with Crippen molar-refractivity contribution in [3.63, 3.8) is 0 Å². The molecule has 0 bridgehead atoms. The summed E-state index contributed by atoms with van der Waals surface area (Å²) in [7, 11) is 0. The zero-order valence-electron chi connectivity index (χ0n) is 16.2. The Balaban J connectivity index is 2.92. The lowest BCUT2D eigenvalue weighted by Crippen LogP contribution is -2.41. The first-order chi connectivity index (χ1) is 11.4. The first kappa shape index (κ1) is 21.6. The van der Waals surface area contributed by atoms with Gasteiger partial charge in [-0.2, -0.15) is 0 Å². The van der Waals surface area contributed by atoms with Gasteiger partial charge in [-0.15, -0.1) is 0 Å². The molecule has 0 aliphatic heterocycles. The van der Waals surface area contributed by atoms with Crippen LogP contribution in [-0.2, 0) is 11.3 Å². The standard InChI is InChI=1S/C19H31ClN2O3/c1-7-24-15-9-13(8-14(20)17(15)25-11-16(21)23)10-22-19(5,6)12-18(2,3)4/h8-9,22H,7,10-12H2,1-6H3,(H2,21,23). The van der Waals surface area contributed by atoms with Crippen LogP contribution in [0.2, 0.25) is 5.02 Å². The maximum atomic E-state index is 11.0. The van der Waals surface area contributed by atoms with Crippen LogP contribution >= 0.6 is 11.6 Å². The molecule has 0 atom stereocenters. The van der Waals surface area contributed by atoms with Gasteiger partial charge in [0.1, 0.15) is 0 Å². The third-order valence-electron chi connectivity index (χ3n) is 3.47. The van der Waals surface area contributed by atoms with Gasteiger partial charge in [0.25, 0.3) is 5.91 Å². The van der Waals surface area contributed by atoms with E-state index in [0.717, 1.165) is 12.0 Å². The van der Waals surface area contributed by atoms with Crippen molar-refractivity contribution in [3.05, 3.63) is 22.7 Å². The van der Waals surface area contributed by atoms with Gasteiger partial charge in [0, 0.05) is 12.1 Å². The zero-order valence-corrected chi connectivity index (χ0v) is 16.9. The van der Waals surface area contributed by atoms with Crippen LogP contribution in [0.4, 0.5) is 0 Å². The normalized spacial score (nSPS) is 12.1. The van der Waals surface area contributed by atoms with Crippen LogP contribution in [0.5, 0.6) is 11.5 Å². The molecule has 1 aromatic rings. The minimum absolute atomic E-state index is 0.0162. The zero-order chi connectivity index (χ0) is 19.3. The van der Waals surface area contributed by atoms with Crippen LogP contribution in [-0.4, -0.2) is 24.7 Å². The average Bonchev–Trinajstić information content (AvgIpc) is 2.42. The number of amides is 1. The molecule has 142 valence electrons. The van der Waals surface area contributed by atoms with E-state index < -0.39 is 5.91 Å². The molecule has 0 spiro atoms. The number of benzene rings is 1. The van der Waals surface area contributed by atoms with Crippen molar-refractivity contribution < 1.29 is 14.3 Å². The molecule has 1 rings (SSSR count). The smallest absolute Gasteiger partial charge is 0.255 e. The van der Waals surface area contributed by atoms with Gasteiger partial charge in [0.2, 0.25) is 0 Å². The van der Waals surface area contributed by atoms with Crippen LogP contribution < -0.4 is 20.5 Å². The Hall–Kier alpha value is -1.46. The molecule has 0 saturated heterocycles. The molecule has 0 fully saturated rings. The van der Waals surface area contributed by atoms with Crippen molar-refractivity contribution in [2.45, 2.75) is 60.0 Å². The maximum Gasteiger partial charge on any atom is 0.255 e. The fourth-order valence-corrected chi connectivity index (χ4v) is 3.29. The van der Waals surface area contributed by atoms with E-state index in [0.29, 0.717) is 29.7 Å². The Morgan fingerprint density at radius 1 is 1.20 bits per heavy atom. The van der Waals surface area contributed by atoms with Gasteiger partial charge in [0.05, 0.1) is 11.6 Å². The van der Waals surface area contributed by atoms with Gasteiger partial charge in [-0.25, -0.2) is 0 Å². The predicted octanol–water partition coefficient (Wildman–Crippen LogP) is 3.91. The number of carbonyl (C=O) groups is 1. The van der Waals surface area contributed by atoms with Crippen LogP contribution in [0.3, 0.4) is 0 Å². The molecular formula is C19H31ClN2O3. The van der Waals surface area contributed by atoms with E-state index >= 15 is 0 Å². The highest BCUT2D eigenvalue weighted by Crippen LogP contribution is 2.37. The second-order valence-electron chi connectivity index (χ2n) is 8.07. The topological polar surface area (TPSA) is 73.6 Å². The van der Waals surface area contributed by atoms with Crippen molar-refractivity contribution >= 4 is 17.5 Å². The van der Waals surface area contributed by atoms with Crippen molar-refractivity contribution in [2.75, 3.05) is 13.2 Å². The minimum atomic E-state index is -0.562. The van der Waals surface area contributed by atoms with E-state index in [9.17, 15) is 4.79 Å². The molecule has 0 aromatic heterocycles. The van der Waals surface area contributed by atoms with E-state index in [4.69, 9.17) is 26.8 Å². The number of rotatable bonds is 9. The molecular weight excluding hydrogens is 340 g/mol. The first-order valence-electron chi connectivity index (χ1n) is 8.55. The van der Waals surface area contributed by atoms with Crippen molar-refractivity contribution in [1.29, 1.82) is 0 Å². The molecule has 3 N–H and O–H groups in total. The SMILES string of the molecule is CCOc1cc(CNC(C)(C)CC(C)(C)C)cc(Cl)c1OCC(N)=O. The third kappa shape index (κ3) is 7.97. The summed E-state index contributed by atoms with van der Waals surface area (Å²) in [6.45, 7) is 13.8. The minimum Gasteiger partial charge on any atom is -0.490 e. The lowest BCUT2D eigenvalue weighted by Gasteiger charge is -2.33. The number of carbonyl (C=O) groups excluding carboxylic acids is 1. The van der Waals surface area contributed by atoms with Gasteiger partial charge in [-0.05, 0) is 50.3 Å². The predicted molar refractivity (Wildman–Crippen MR) is 102 cm³/mol. The monoisotopic (exact) mass is 370 g/mol. The average molecular weight is 371 g/mol. The third-order valence-corrected chi connectivity index (χ3v) is 3.75. The number of primary amides is 1. The van der Waals surface area contributed by atoms with Crippen molar-refractivity contribution in [1.82, 2.24) is 5.32 Å². The number of halogens is 1. The molecule has 0 radical (unpaired) electrons. The van der Waals surface area contributed by atoms with E-state index in [1.165, 1.54) is 0 Å². The van der Waals surface area contributed by atoms with E-state index in [2.05, 4.69) is 39.9 Å². The second-order valence-corrected chi connectivity index (χ2v) is 8.47. The van der Waals surface area contributed by atoms with Crippen molar-refractivity contribution in [3.8, 4) is 11.5 Å². The maximum absolute atomic E-state index is 11.0. The molecule has 0 aliphatic rings. The van der Waals surface area contributed by atoms with Gasteiger partial charge >= 0.3 is 0 Å². The van der Waals surface area contributed by atoms with Crippen LogP contribution in [0.25, 0.3) is 0 Å². The fourth-order valence-electron chi connectivity index (χ4n) is 3.00. The highest BCUT2D eigenvalue weighted by molar-refractivity contribution is 6.32. The van der Waals surface area contributed by atoms with Gasteiger partial charge in [-0.3, -0.25) is 4.79 Å². The van der Waals surface area contributed by atoms with Gasteiger partial charge in [0.15, 0.2) is 18.1 Å². The molecule has 6 heteroatoms. The molecule has 5 nitrogen and oxygen atoms in total. The number of hydrogen-bond donors (Lipinski definition) is 2. The van der Waals surface area contributed by atoms with Crippen LogP contribution in [0.1, 0.15) is 53.5 Å². The summed E-state index contributed by atoms with van der Waals surface area (Å²) in [6.07, 6.45) is 1.03. The Labute approximate surface area is 156 Å². The molecule has 0 unspecified atom stereocenters. The Kier molecular flexibility index (Phi) is 7.57. The fraction of sp³-hybridized carbons (Fsp3) is 0.632. The summed E-state index contributed by atoms with van der Waals surface area (Å²) in [5, 5.41) is 3.97. The summed E-state index contributed by atoms with van der Waals surface area (Å²) in [5.41, 5.74) is 6.34. The number of hydrogen-bond acceptors (Lipinski definition) is 4. The quantitative estimate of drug-likeness (QED) is 0.691. The Bertz CT molecular complexity index is 595. The van der Waals surface area contributed by atoms with E-state index in [1.807, 2.05) is 19.1 Å². The number of nitrogens with two attached hydrogens (primary N) is 1. The lowest BCUT2D eigenvalue weighted by molar-refractivity contribution is -0.119. The first-order valence-corrected chi connectivity index (χ1v) is 8.92. The highest BCUT2D eigenvalue weighted by atomic mass is 35.5. The molecule has 25 heavy (non-hydrogen) atoms. The van der Waals surface area contributed by atoms with Crippen LogP contribution in [0.15, 0.2) is 12.1 Å². The second kappa shape index (κ2) is 8.77. The summed E-state index contributed by atoms with van der Waals surface area (Å²) < 4.78 is 11.0. The number of ether oxygens (including phenoxy) is 2. The summed E-state index contributed by atoms with van der Waals surface area (Å²) in [4.78, 5) is 11.0. The van der Waals surface area contributed by atoms with E-state index in [-0.39, 0.29) is 17.6 Å². The number of nitrogens with one attached hydrogen (secondary N) is 1. The molecule has 0 saturated carbocycles. The Morgan fingerprint density at radius 2 is 1.84 bits per heavy atom. The van der Waals surface area contributed by atoms with Crippen LogP contribution in [0, 0.1) is 5.41 Å². The van der Waals surface area contributed by atoms with E-state index in [1.54, 1.807) is 0 Å². The van der Waals surface area contributed by atoms with Crippen molar-refractivity contribution in [2.24, 2.45) is 11.1 Å². The van der Waals surface area contributed by atoms with Gasteiger partial charge in [-0.1, -0.05) is 32.4 Å². The van der Waals surface area contributed by atoms with Gasteiger partial charge < -0.3 is 20.5 Å². The summed E-state index contributed by atoms with van der Waals surface area (Å²) in [6, 6.07) is 3.70. The molecule has 0 aliphatic carbocycles. The summed E-state index contributed by atoms with van der Waals surface area (Å²) >= 11 is 6.33. The molecule has 1 aromatic carbocycles. The molecule has 1 amide bonds. The highest BCUT2D eigenvalue weighted by Gasteiger charge is 2.25. The Morgan fingerprint density at radius 3 is 2.36 bits per heavy atom.